The number of aromatic nitrogens is 1. The second-order valence-corrected chi connectivity index (χ2v) is 5.82. The molecule has 0 bridgehead atoms. The molecule has 0 amide bonds. The summed E-state index contributed by atoms with van der Waals surface area (Å²) in [6, 6.07) is 0.175. The van der Waals surface area contributed by atoms with Gasteiger partial charge in [0.05, 0.1) is 11.2 Å². The van der Waals surface area contributed by atoms with Crippen molar-refractivity contribution in [3.63, 3.8) is 0 Å². The van der Waals surface area contributed by atoms with E-state index in [1.54, 1.807) is 6.92 Å². The van der Waals surface area contributed by atoms with Crippen LogP contribution < -0.4 is 5.32 Å². The van der Waals surface area contributed by atoms with Crippen LogP contribution in [0.3, 0.4) is 0 Å². The lowest BCUT2D eigenvalue weighted by atomic mass is 10.4. The SMILES string of the molecule is CCNc1ncc(S(F)(F)(F)(F)F)cc1Cl. The maximum absolute atomic E-state index is 12.3. The Balaban J connectivity index is 3.28. The molecule has 2 nitrogen and oxygen atoms in total. The largest absolute Gasteiger partial charge is 0.369 e. The number of halogens is 6. The van der Waals surface area contributed by atoms with Crippen molar-refractivity contribution in [1.29, 1.82) is 0 Å². The van der Waals surface area contributed by atoms with Crippen molar-refractivity contribution in [1.82, 2.24) is 4.98 Å². The molecular weight excluding hydrogens is 275 g/mol. The molecule has 0 aromatic carbocycles. The molecule has 1 aromatic rings. The monoisotopic (exact) mass is 282 g/mol. The highest BCUT2D eigenvalue weighted by atomic mass is 35.5. The third kappa shape index (κ3) is 3.11. The lowest BCUT2D eigenvalue weighted by Crippen LogP contribution is -2.08. The van der Waals surface area contributed by atoms with Crippen LogP contribution in [0, 0.1) is 0 Å². The lowest BCUT2D eigenvalue weighted by Gasteiger charge is -2.40. The Morgan fingerprint density at radius 2 is 1.88 bits per heavy atom. The minimum absolute atomic E-state index is 0.0604. The predicted molar refractivity (Wildman–Crippen MR) is 54.8 cm³/mol. The highest BCUT2D eigenvalue weighted by Gasteiger charge is 2.65. The number of anilines is 1. The predicted octanol–water partition coefficient (Wildman–Crippen LogP) is 4.82. The number of hydrogen-bond acceptors (Lipinski definition) is 2. The number of rotatable bonds is 3. The van der Waals surface area contributed by atoms with Gasteiger partial charge in [-0.25, -0.2) is 4.98 Å². The summed E-state index contributed by atoms with van der Waals surface area (Å²) >= 11 is 5.40. The first-order valence-corrected chi connectivity index (χ1v) is 6.40. The van der Waals surface area contributed by atoms with E-state index in [1.165, 1.54) is 0 Å². The minimum Gasteiger partial charge on any atom is -0.369 e. The van der Waals surface area contributed by atoms with Crippen molar-refractivity contribution in [2.24, 2.45) is 0 Å². The van der Waals surface area contributed by atoms with Gasteiger partial charge in [0.15, 0.2) is 0 Å². The summed E-state index contributed by atoms with van der Waals surface area (Å²) in [6.07, 6.45) is 0.0748. The third-order valence-corrected chi connectivity index (χ3v) is 3.01. The Hall–Kier alpha value is -0.760. The van der Waals surface area contributed by atoms with Gasteiger partial charge in [-0.05, 0) is 13.0 Å². The average molecular weight is 283 g/mol. The molecule has 0 atom stereocenters. The molecule has 0 spiro atoms. The summed E-state index contributed by atoms with van der Waals surface area (Å²) in [7, 11) is -9.69. The lowest BCUT2D eigenvalue weighted by molar-refractivity contribution is 0.363. The van der Waals surface area contributed by atoms with E-state index in [2.05, 4.69) is 10.3 Å². The highest BCUT2D eigenvalue weighted by Crippen LogP contribution is 3.02. The quantitative estimate of drug-likeness (QED) is 0.804. The van der Waals surface area contributed by atoms with Crippen LogP contribution in [0.1, 0.15) is 6.92 Å². The van der Waals surface area contributed by atoms with Gasteiger partial charge in [-0.2, -0.15) is 0 Å². The van der Waals surface area contributed by atoms with Gasteiger partial charge in [0.25, 0.3) is 0 Å². The molecule has 1 rings (SSSR count). The zero-order valence-electron chi connectivity index (χ0n) is 7.99. The highest BCUT2D eigenvalue weighted by molar-refractivity contribution is 8.45. The van der Waals surface area contributed by atoms with Gasteiger partial charge in [0.1, 0.15) is 10.7 Å². The molecule has 0 aliphatic carbocycles. The van der Waals surface area contributed by atoms with Gasteiger partial charge in [0, 0.05) is 6.54 Å². The van der Waals surface area contributed by atoms with Crippen LogP contribution in [-0.2, 0) is 0 Å². The van der Waals surface area contributed by atoms with Crippen molar-refractivity contribution in [2.75, 3.05) is 11.9 Å². The van der Waals surface area contributed by atoms with E-state index in [0.29, 0.717) is 6.54 Å². The molecule has 1 aromatic heterocycles. The second kappa shape index (κ2) is 3.13. The third-order valence-electron chi connectivity index (χ3n) is 1.61. The fourth-order valence-electron chi connectivity index (χ4n) is 0.929. The van der Waals surface area contributed by atoms with Crippen molar-refractivity contribution in [3.8, 4) is 0 Å². The summed E-state index contributed by atoms with van der Waals surface area (Å²) < 4.78 is 61.6. The maximum atomic E-state index is 12.3. The Kier molecular flexibility index (Phi) is 2.60. The van der Waals surface area contributed by atoms with Crippen LogP contribution in [-0.4, -0.2) is 11.5 Å². The standard InChI is InChI=1S/C7H8ClF5N2S/c1-2-14-7-6(8)3-5(4-15-7)16(9,10,11,12)13/h3-4H,2H2,1H3,(H,14,15). The molecule has 94 valence electrons. The number of hydrogen-bond donors (Lipinski definition) is 1. The van der Waals surface area contributed by atoms with E-state index in [-0.39, 0.29) is 18.1 Å². The van der Waals surface area contributed by atoms with Gasteiger partial charge >= 0.3 is 10.2 Å². The molecule has 0 saturated heterocycles. The Morgan fingerprint density at radius 3 is 2.25 bits per heavy atom. The van der Waals surface area contributed by atoms with Crippen LogP contribution >= 0.6 is 21.8 Å². The van der Waals surface area contributed by atoms with Crippen molar-refractivity contribution >= 4 is 27.6 Å². The molecule has 0 aliphatic heterocycles. The van der Waals surface area contributed by atoms with E-state index in [1.807, 2.05) is 0 Å². The van der Waals surface area contributed by atoms with Gasteiger partial charge in [-0.15, -0.1) is 0 Å². The van der Waals surface area contributed by atoms with Crippen LogP contribution in [0.4, 0.5) is 25.2 Å². The van der Waals surface area contributed by atoms with E-state index in [0.717, 1.165) is 0 Å². The molecule has 0 unspecified atom stereocenters. The first-order chi connectivity index (χ1) is 6.94. The number of nitrogens with zero attached hydrogens (tertiary/aromatic N) is 1. The van der Waals surface area contributed by atoms with E-state index in [9.17, 15) is 19.4 Å². The zero-order chi connectivity index (χ0) is 12.7. The van der Waals surface area contributed by atoms with Crippen molar-refractivity contribution in [2.45, 2.75) is 11.8 Å². The van der Waals surface area contributed by atoms with Crippen molar-refractivity contribution < 1.29 is 19.4 Å². The molecule has 1 N–H and O–H groups in total. The normalized spacial score (nSPS) is 16.4. The average Bonchev–Trinajstić information content (AvgIpc) is 2.04. The molecule has 0 radical (unpaired) electrons. The fourth-order valence-corrected chi connectivity index (χ4v) is 1.82. The van der Waals surface area contributed by atoms with E-state index < -0.39 is 20.1 Å². The van der Waals surface area contributed by atoms with Gasteiger partial charge in [-0.1, -0.05) is 31.0 Å². The summed E-state index contributed by atoms with van der Waals surface area (Å²) in [5, 5.41) is 2.04. The smallest absolute Gasteiger partial charge is 0.311 e. The molecule has 1 heterocycles. The Labute approximate surface area is 93.5 Å². The van der Waals surface area contributed by atoms with E-state index in [4.69, 9.17) is 11.6 Å². The topological polar surface area (TPSA) is 24.9 Å². The Morgan fingerprint density at radius 1 is 1.31 bits per heavy atom. The number of nitrogens with one attached hydrogen (secondary N) is 1. The van der Waals surface area contributed by atoms with E-state index >= 15 is 0 Å². The van der Waals surface area contributed by atoms with Gasteiger partial charge in [-0.3, -0.25) is 0 Å². The number of pyridine rings is 1. The summed E-state index contributed by atoms with van der Waals surface area (Å²) in [4.78, 5) is 1.12. The molecule has 16 heavy (non-hydrogen) atoms. The summed E-state index contributed by atoms with van der Waals surface area (Å²) in [5.41, 5.74) is 0. The molecular formula is C7H8ClF5N2S. The van der Waals surface area contributed by atoms with Crippen LogP contribution in [0.15, 0.2) is 17.2 Å². The second-order valence-electron chi connectivity index (χ2n) is 3.00. The van der Waals surface area contributed by atoms with Crippen LogP contribution in [0.2, 0.25) is 5.02 Å². The van der Waals surface area contributed by atoms with Gasteiger partial charge < -0.3 is 5.32 Å². The molecule has 0 aliphatic rings. The molecule has 0 fully saturated rings. The first-order valence-electron chi connectivity index (χ1n) is 4.07. The molecule has 0 saturated carbocycles. The summed E-state index contributed by atoms with van der Waals surface area (Å²) in [6.45, 7) is 2.03. The maximum Gasteiger partial charge on any atom is 0.311 e. The Bertz CT molecular complexity index is 418. The minimum atomic E-state index is -9.69. The molecule has 9 heteroatoms. The fraction of sp³-hybridized carbons (Fsp3) is 0.286. The van der Waals surface area contributed by atoms with Crippen molar-refractivity contribution in [3.05, 3.63) is 17.3 Å². The van der Waals surface area contributed by atoms with Gasteiger partial charge in [0.2, 0.25) is 0 Å². The first kappa shape index (κ1) is 13.3. The van der Waals surface area contributed by atoms with Crippen LogP contribution in [0.25, 0.3) is 0 Å². The van der Waals surface area contributed by atoms with Crippen LogP contribution in [0.5, 0.6) is 0 Å². The zero-order valence-corrected chi connectivity index (χ0v) is 9.56. The summed E-state index contributed by atoms with van der Waals surface area (Å²) in [5.74, 6) is -0.0604.